The van der Waals surface area contributed by atoms with Crippen LogP contribution >= 0.6 is 23.2 Å². The fourth-order valence-corrected chi connectivity index (χ4v) is 3.95. The standard InChI is InChI=1S/C21H15Cl2NO3S/c22-18-10-7-14(12-19(18)23)17-11-15-3-1-2-4-20(15)27-21(17)13-5-8-16(9-6-13)28(24,25)26/h1-10,12H,11H2,(H2,24,25,26). The predicted molar refractivity (Wildman–Crippen MR) is 112 cm³/mol. The van der Waals surface area contributed by atoms with Crippen molar-refractivity contribution in [1.29, 1.82) is 0 Å². The van der Waals surface area contributed by atoms with E-state index in [9.17, 15) is 8.42 Å². The molecule has 3 aromatic carbocycles. The van der Waals surface area contributed by atoms with Gasteiger partial charge in [0, 0.05) is 17.6 Å². The number of para-hydroxylation sites is 1. The Balaban J connectivity index is 1.87. The van der Waals surface area contributed by atoms with Crippen molar-refractivity contribution in [2.45, 2.75) is 11.3 Å². The molecule has 0 bridgehead atoms. The Morgan fingerprint density at radius 3 is 2.21 bits per heavy atom. The molecule has 4 nitrogen and oxygen atoms in total. The van der Waals surface area contributed by atoms with E-state index in [1.165, 1.54) is 12.1 Å². The van der Waals surface area contributed by atoms with Crippen LogP contribution in [0.25, 0.3) is 11.3 Å². The van der Waals surface area contributed by atoms with Crippen molar-refractivity contribution in [3.8, 4) is 5.75 Å². The molecule has 0 radical (unpaired) electrons. The molecule has 0 unspecified atom stereocenters. The van der Waals surface area contributed by atoms with E-state index in [-0.39, 0.29) is 4.90 Å². The van der Waals surface area contributed by atoms with Gasteiger partial charge in [0.25, 0.3) is 0 Å². The van der Waals surface area contributed by atoms with Gasteiger partial charge in [-0.05, 0) is 53.6 Å². The SMILES string of the molecule is NS(=O)(=O)c1ccc(C2=C(c3ccc(Cl)c(Cl)c3)Cc3ccccc3O2)cc1. The second-order valence-corrected chi connectivity index (χ2v) is 8.77. The van der Waals surface area contributed by atoms with E-state index in [1.54, 1.807) is 24.3 Å². The number of halogens is 2. The molecule has 142 valence electrons. The largest absolute Gasteiger partial charge is 0.456 e. The van der Waals surface area contributed by atoms with Crippen LogP contribution in [0, 0.1) is 0 Å². The number of benzene rings is 3. The highest BCUT2D eigenvalue weighted by Crippen LogP contribution is 2.40. The van der Waals surface area contributed by atoms with Gasteiger partial charge >= 0.3 is 0 Å². The lowest BCUT2D eigenvalue weighted by Crippen LogP contribution is -2.12. The van der Waals surface area contributed by atoms with Gasteiger partial charge in [0.05, 0.1) is 14.9 Å². The maximum Gasteiger partial charge on any atom is 0.238 e. The molecule has 0 fully saturated rings. The van der Waals surface area contributed by atoms with Crippen molar-refractivity contribution in [3.63, 3.8) is 0 Å². The van der Waals surface area contributed by atoms with E-state index in [2.05, 4.69) is 0 Å². The van der Waals surface area contributed by atoms with Gasteiger partial charge in [-0.25, -0.2) is 13.6 Å². The summed E-state index contributed by atoms with van der Waals surface area (Å²) in [6.45, 7) is 0. The Morgan fingerprint density at radius 2 is 1.54 bits per heavy atom. The molecule has 1 heterocycles. The topological polar surface area (TPSA) is 69.4 Å². The van der Waals surface area contributed by atoms with Gasteiger partial charge in [-0.1, -0.05) is 47.5 Å². The van der Waals surface area contributed by atoms with Crippen LogP contribution in [0.4, 0.5) is 0 Å². The maximum absolute atomic E-state index is 11.5. The highest BCUT2D eigenvalue weighted by molar-refractivity contribution is 7.89. The average molecular weight is 432 g/mol. The van der Waals surface area contributed by atoms with Crippen molar-refractivity contribution in [3.05, 3.63) is 93.5 Å². The third-order valence-electron chi connectivity index (χ3n) is 4.54. The van der Waals surface area contributed by atoms with Crippen LogP contribution in [-0.4, -0.2) is 8.42 Å². The first-order valence-corrected chi connectivity index (χ1v) is 10.7. The summed E-state index contributed by atoms with van der Waals surface area (Å²) in [6.07, 6.45) is 0.639. The quantitative estimate of drug-likeness (QED) is 0.623. The molecule has 0 spiro atoms. The van der Waals surface area contributed by atoms with E-state index in [0.717, 1.165) is 28.0 Å². The third-order valence-corrected chi connectivity index (χ3v) is 6.21. The molecule has 0 aromatic heterocycles. The van der Waals surface area contributed by atoms with Crippen LogP contribution in [0.15, 0.2) is 71.6 Å². The van der Waals surface area contributed by atoms with Gasteiger partial charge in [-0.15, -0.1) is 0 Å². The maximum atomic E-state index is 11.5. The molecule has 0 atom stereocenters. The minimum Gasteiger partial charge on any atom is -0.456 e. The summed E-state index contributed by atoms with van der Waals surface area (Å²) in [6, 6.07) is 19.5. The van der Waals surface area contributed by atoms with Crippen molar-refractivity contribution in [1.82, 2.24) is 0 Å². The second-order valence-electron chi connectivity index (χ2n) is 6.39. The predicted octanol–water partition coefficient (Wildman–Crippen LogP) is 5.14. The van der Waals surface area contributed by atoms with E-state index < -0.39 is 10.0 Å². The van der Waals surface area contributed by atoms with Crippen LogP contribution in [0.2, 0.25) is 10.0 Å². The average Bonchev–Trinajstić information content (AvgIpc) is 2.68. The Morgan fingerprint density at radius 1 is 0.857 bits per heavy atom. The molecular formula is C21H15Cl2NO3S. The van der Waals surface area contributed by atoms with E-state index in [1.807, 2.05) is 30.3 Å². The lowest BCUT2D eigenvalue weighted by Gasteiger charge is -2.24. The van der Waals surface area contributed by atoms with Crippen molar-refractivity contribution in [2.24, 2.45) is 5.14 Å². The van der Waals surface area contributed by atoms with E-state index in [4.69, 9.17) is 33.1 Å². The summed E-state index contributed by atoms with van der Waals surface area (Å²) in [4.78, 5) is 0.0455. The van der Waals surface area contributed by atoms with Crippen LogP contribution in [0.3, 0.4) is 0 Å². The Labute approximate surface area is 173 Å². The molecule has 0 amide bonds. The third kappa shape index (κ3) is 3.66. The summed E-state index contributed by atoms with van der Waals surface area (Å²) in [7, 11) is -3.76. The fourth-order valence-electron chi connectivity index (χ4n) is 3.14. The molecule has 1 aliphatic heterocycles. The van der Waals surface area contributed by atoms with Gasteiger partial charge in [0.15, 0.2) is 0 Å². The highest BCUT2D eigenvalue weighted by atomic mass is 35.5. The number of hydrogen-bond donors (Lipinski definition) is 1. The zero-order valence-corrected chi connectivity index (χ0v) is 16.9. The van der Waals surface area contributed by atoms with Crippen molar-refractivity contribution >= 4 is 44.6 Å². The first-order valence-electron chi connectivity index (χ1n) is 8.40. The summed E-state index contributed by atoms with van der Waals surface area (Å²) >= 11 is 12.3. The van der Waals surface area contributed by atoms with Gasteiger partial charge in [-0.3, -0.25) is 0 Å². The Bertz CT molecular complexity index is 1200. The zero-order valence-electron chi connectivity index (χ0n) is 14.5. The van der Waals surface area contributed by atoms with Gasteiger partial charge in [-0.2, -0.15) is 0 Å². The second kappa shape index (κ2) is 7.26. The fraction of sp³-hybridized carbons (Fsp3) is 0.0476. The normalized spacial score (nSPS) is 13.8. The van der Waals surface area contributed by atoms with Crippen molar-refractivity contribution in [2.75, 3.05) is 0 Å². The number of hydrogen-bond acceptors (Lipinski definition) is 3. The van der Waals surface area contributed by atoms with Gasteiger partial charge in [0.1, 0.15) is 11.5 Å². The van der Waals surface area contributed by atoms with E-state index >= 15 is 0 Å². The highest BCUT2D eigenvalue weighted by Gasteiger charge is 2.23. The Kier molecular flexibility index (Phi) is 4.93. The van der Waals surface area contributed by atoms with E-state index in [0.29, 0.717) is 22.2 Å². The molecule has 28 heavy (non-hydrogen) atoms. The molecule has 7 heteroatoms. The van der Waals surface area contributed by atoms with Gasteiger partial charge < -0.3 is 4.74 Å². The molecule has 0 aliphatic carbocycles. The zero-order chi connectivity index (χ0) is 19.9. The lowest BCUT2D eigenvalue weighted by molar-refractivity contribution is 0.502. The summed E-state index contributed by atoms with van der Waals surface area (Å²) < 4.78 is 29.3. The molecule has 4 rings (SSSR count). The van der Waals surface area contributed by atoms with Crippen molar-refractivity contribution < 1.29 is 13.2 Å². The minimum atomic E-state index is -3.76. The smallest absolute Gasteiger partial charge is 0.238 e. The lowest BCUT2D eigenvalue weighted by atomic mass is 9.92. The number of rotatable bonds is 3. The number of primary sulfonamides is 1. The number of nitrogens with two attached hydrogens (primary N) is 1. The number of fused-ring (bicyclic) bond motifs is 1. The first-order chi connectivity index (χ1) is 13.3. The first kappa shape index (κ1) is 19.0. The van der Waals surface area contributed by atoms with Crippen LogP contribution < -0.4 is 9.88 Å². The summed E-state index contributed by atoms with van der Waals surface area (Å²) in [5.74, 6) is 1.40. The molecule has 1 aliphatic rings. The minimum absolute atomic E-state index is 0.0455. The molecular weight excluding hydrogens is 417 g/mol. The van der Waals surface area contributed by atoms with Crippen LogP contribution in [0.5, 0.6) is 5.75 Å². The monoisotopic (exact) mass is 431 g/mol. The molecule has 0 saturated heterocycles. The molecule has 3 aromatic rings. The summed E-state index contributed by atoms with van der Waals surface area (Å²) in [5.41, 5.74) is 3.60. The van der Waals surface area contributed by atoms with Crippen LogP contribution in [0.1, 0.15) is 16.7 Å². The summed E-state index contributed by atoms with van der Waals surface area (Å²) in [5, 5.41) is 6.13. The van der Waals surface area contributed by atoms with Gasteiger partial charge in [0.2, 0.25) is 10.0 Å². The number of ether oxygens (including phenoxy) is 1. The van der Waals surface area contributed by atoms with Crippen LogP contribution in [-0.2, 0) is 16.4 Å². The molecule has 2 N–H and O–H groups in total. The number of allylic oxidation sites excluding steroid dienone is 1. The number of sulfonamides is 1. The molecule has 0 saturated carbocycles. The Hall–Kier alpha value is -2.31.